The summed E-state index contributed by atoms with van der Waals surface area (Å²) in [5.74, 6) is 6.28. The van der Waals surface area contributed by atoms with Crippen LogP contribution in [0.3, 0.4) is 0 Å². The topological polar surface area (TPSA) is 51.2 Å². The molecule has 0 saturated carbocycles. The molecule has 0 aromatic carbocycles. The van der Waals surface area contributed by atoms with Gasteiger partial charge < -0.3 is 4.42 Å². The van der Waals surface area contributed by atoms with E-state index >= 15 is 0 Å². The Balaban J connectivity index is 2.46. The Morgan fingerprint density at radius 3 is 2.67 bits per heavy atom. The lowest BCUT2D eigenvalue weighted by Crippen LogP contribution is -2.28. The number of hydrazine groups is 1. The first-order valence-electron chi connectivity index (χ1n) is 5.34. The summed E-state index contributed by atoms with van der Waals surface area (Å²) >= 11 is 3.37. The fourth-order valence-electron chi connectivity index (χ4n) is 1.61. The minimum atomic E-state index is 0.178. The summed E-state index contributed by atoms with van der Waals surface area (Å²) in [6.45, 7) is 4.47. The second kappa shape index (κ2) is 6.30. The third-order valence-corrected chi connectivity index (χ3v) is 3.14. The summed E-state index contributed by atoms with van der Waals surface area (Å²) in [5, 5.41) is 0. The molecule has 4 heteroatoms. The maximum absolute atomic E-state index is 5.54. The molecule has 0 radical (unpaired) electrons. The van der Waals surface area contributed by atoms with E-state index in [1.807, 2.05) is 6.07 Å². The first-order chi connectivity index (χ1) is 7.15. The summed E-state index contributed by atoms with van der Waals surface area (Å²) in [4.78, 5) is 0. The van der Waals surface area contributed by atoms with E-state index in [4.69, 9.17) is 10.3 Å². The number of rotatable bonds is 6. The van der Waals surface area contributed by atoms with Crippen LogP contribution in [0.25, 0.3) is 0 Å². The highest BCUT2D eigenvalue weighted by Crippen LogP contribution is 2.27. The Kier molecular flexibility index (Phi) is 5.36. The van der Waals surface area contributed by atoms with Gasteiger partial charge in [0.05, 0.1) is 12.3 Å². The van der Waals surface area contributed by atoms with Gasteiger partial charge in [-0.05, 0) is 34.3 Å². The van der Waals surface area contributed by atoms with Crippen molar-refractivity contribution in [3.63, 3.8) is 0 Å². The maximum atomic E-state index is 5.54. The Morgan fingerprint density at radius 2 is 2.20 bits per heavy atom. The van der Waals surface area contributed by atoms with E-state index in [9.17, 15) is 0 Å². The molecule has 1 rings (SSSR count). The molecule has 3 N–H and O–H groups in total. The number of furan rings is 1. The summed E-state index contributed by atoms with van der Waals surface area (Å²) < 4.78 is 5.97. The molecule has 0 amide bonds. The zero-order chi connectivity index (χ0) is 11.3. The standard InChI is InChI=1S/C11H19BrN2O/c1-8(2)4-3-5-10(14-13)9-6-7-15-11(9)12/h6-8,10,14H,3-5,13H2,1-2H3. The third-order valence-electron chi connectivity index (χ3n) is 2.50. The van der Waals surface area contributed by atoms with Crippen LogP contribution in [-0.4, -0.2) is 0 Å². The Bertz CT molecular complexity index is 286. The Morgan fingerprint density at radius 1 is 1.47 bits per heavy atom. The van der Waals surface area contributed by atoms with E-state index in [0.717, 1.165) is 22.6 Å². The maximum Gasteiger partial charge on any atom is 0.173 e. The second-order valence-corrected chi connectivity index (χ2v) is 4.91. The number of halogens is 1. The van der Waals surface area contributed by atoms with Crippen LogP contribution in [-0.2, 0) is 0 Å². The van der Waals surface area contributed by atoms with Crippen molar-refractivity contribution in [3.8, 4) is 0 Å². The zero-order valence-electron chi connectivity index (χ0n) is 9.29. The van der Waals surface area contributed by atoms with E-state index in [2.05, 4.69) is 35.2 Å². The summed E-state index contributed by atoms with van der Waals surface area (Å²) in [5.41, 5.74) is 3.93. The van der Waals surface area contributed by atoms with Crippen molar-refractivity contribution >= 4 is 15.9 Å². The van der Waals surface area contributed by atoms with Gasteiger partial charge in [0.1, 0.15) is 0 Å². The molecule has 1 unspecified atom stereocenters. The largest absolute Gasteiger partial charge is 0.457 e. The Labute approximate surface area is 99.5 Å². The van der Waals surface area contributed by atoms with Crippen molar-refractivity contribution in [3.05, 3.63) is 22.6 Å². The van der Waals surface area contributed by atoms with Gasteiger partial charge in [0, 0.05) is 5.56 Å². The van der Waals surface area contributed by atoms with Gasteiger partial charge in [-0.25, -0.2) is 0 Å². The molecule has 1 heterocycles. The van der Waals surface area contributed by atoms with E-state index < -0.39 is 0 Å². The van der Waals surface area contributed by atoms with E-state index in [-0.39, 0.29) is 6.04 Å². The molecular formula is C11H19BrN2O. The van der Waals surface area contributed by atoms with Crippen molar-refractivity contribution in [1.82, 2.24) is 5.43 Å². The number of hydrogen-bond acceptors (Lipinski definition) is 3. The second-order valence-electron chi connectivity index (χ2n) is 4.19. The number of nitrogens with one attached hydrogen (secondary N) is 1. The molecular weight excluding hydrogens is 256 g/mol. The lowest BCUT2D eigenvalue weighted by molar-refractivity contribution is 0.446. The highest BCUT2D eigenvalue weighted by molar-refractivity contribution is 9.10. The predicted octanol–water partition coefficient (Wildman–Crippen LogP) is 3.37. The van der Waals surface area contributed by atoms with Gasteiger partial charge in [0.2, 0.25) is 0 Å². The zero-order valence-corrected chi connectivity index (χ0v) is 10.9. The summed E-state index contributed by atoms with van der Waals surface area (Å²) in [6.07, 6.45) is 5.11. The van der Waals surface area contributed by atoms with Crippen LogP contribution in [0.15, 0.2) is 21.4 Å². The van der Waals surface area contributed by atoms with Crippen molar-refractivity contribution < 1.29 is 4.42 Å². The molecule has 1 aromatic rings. The molecule has 0 bridgehead atoms. The minimum Gasteiger partial charge on any atom is -0.457 e. The smallest absolute Gasteiger partial charge is 0.173 e. The van der Waals surface area contributed by atoms with Crippen LogP contribution < -0.4 is 11.3 Å². The van der Waals surface area contributed by atoms with Gasteiger partial charge in [-0.1, -0.05) is 26.7 Å². The first-order valence-corrected chi connectivity index (χ1v) is 6.13. The van der Waals surface area contributed by atoms with Gasteiger partial charge in [0.25, 0.3) is 0 Å². The van der Waals surface area contributed by atoms with Gasteiger partial charge in [0.15, 0.2) is 4.67 Å². The Hall–Kier alpha value is -0.320. The molecule has 86 valence electrons. The number of nitrogens with two attached hydrogens (primary N) is 1. The molecule has 0 fully saturated rings. The van der Waals surface area contributed by atoms with E-state index in [1.165, 1.54) is 12.8 Å². The fraction of sp³-hybridized carbons (Fsp3) is 0.636. The monoisotopic (exact) mass is 274 g/mol. The molecule has 1 aromatic heterocycles. The quantitative estimate of drug-likeness (QED) is 0.618. The van der Waals surface area contributed by atoms with Crippen molar-refractivity contribution in [2.75, 3.05) is 0 Å². The average molecular weight is 275 g/mol. The summed E-state index contributed by atoms with van der Waals surface area (Å²) in [7, 11) is 0. The fourth-order valence-corrected chi connectivity index (χ4v) is 2.13. The lowest BCUT2D eigenvalue weighted by atomic mass is 10.0. The molecule has 3 nitrogen and oxygen atoms in total. The van der Waals surface area contributed by atoms with Crippen LogP contribution in [0, 0.1) is 5.92 Å². The molecule has 0 aliphatic heterocycles. The van der Waals surface area contributed by atoms with Gasteiger partial charge in [-0.3, -0.25) is 11.3 Å². The van der Waals surface area contributed by atoms with Crippen LogP contribution >= 0.6 is 15.9 Å². The SMILES string of the molecule is CC(C)CCCC(NN)c1ccoc1Br. The highest BCUT2D eigenvalue weighted by Gasteiger charge is 2.14. The van der Waals surface area contributed by atoms with Crippen LogP contribution in [0.1, 0.15) is 44.7 Å². The van der Waals surface area contributed by atoms with Gasteiger partial charge in [-0.15, -0.1) is 0 Å². The van der Waals surface area contributed by atoms with Crippen LogP contribution in [0.4, 0.5) is 0 Å². The molecule has 0 aliphatic carbocycles. The normalized spacial score (nSPS) is 13.4. The van der Waals surface area contributed by atoms with E-state index in [1.54, 1.807) is 6.26 Å². The molecule has 0 saturated heterocycles. The van der Waals surface area contributed by atoms with Gasteiger partial charge >= 0.3 is 0 Å². The third kappa shape index (κ3) is 3.97. The molecule has 15 heavy (non-hydrogen) atoms. The predicted molar refractivity (Wildman–Crippen MR) is 65.2 cm³/mol. The van der Waals surface area contributed by atoms with E-state index in [0.29, 0.717) is 0 Å². The van der Waals surface area contributed by atoms with Gasteiger partial charge in [-0.2, -0.15) is 0 Å². The van der Waals surface area contributed by atoms with Crippen molar-refractivity contribution in [2.45, 2.75) is 39.2 Å². The van der Waals surface area contributed by atoms with Crippen LogP contribution in [0.5, 0.6) is 0 Å². The average Bonchev–Trinajstić information content (AvgIpc) is 2.59. The molecule has 0 aliphatic rings. The van der Waals surface area contributed by atoms with Crippen molar-refractivity contribution in [1.29, 1.82) is 0 Å². The lowest BCUT2D eigenvalue weighted by Gasteiger charge is -2.15. The van der Waals surface area contributed by atoms with Crippen molar-refractivity contribution in [2.24, 2.45) is 11.8 Å². The molecule has 0 spiro atoms. The number of hydrogen-bond donors (Lipinski definition) is 2. The highest BCUT2D eigenvalue weighted by atomic mass is 79.9. The minimum absolute atomic E-state index is 0.178. The van der Waals surface area contributed by atoms with Crippen LogP contribution in [0.2, 0.25) is 0 Å². The molecule has 1 atom stereocenters. The first kappa shape index (κ1) is 12.7. The summed E-state index contributed by atoms with van der Waals surface area (Å²) in [6, 6.07) is 2.13.